The van der Waals surface area contributed by atoms with Crippen LogP contribution >= 0.6 is 0 Å². The Morgan fingerprint density at radius 1 is 0.378 bits per heavy atom. The summed E-state index contributed by atoms with van der Waals surface area (Å²) in [4.78, 5) is 24.5. The summed E-state index contributed by atoms with van der Waals surface area (Å²) < 4.78 is 5.47. The van der Waals surface area contributed by atoms with Gasteiger partial charge >= 0.3 is 5.97 Å². The molecule has 74 heavy (non-hydrogen) atoms. The van der Waals surface area contributed by atoms with E-state index in [1.807, 2.05) is 6.08 Å². The first-order valence-corrected chi connectivity index (χ1v) is 33.3. The summed E-state index contributed by atoms with van der Waals surface area (Å²) in [6.07, 6.45) is 80.6. The molecule has 436 valence electrons. The maximum absolute atomic E-state index is 12.5. The van der Waals surface area contributed by atoms with Crippen molar-refractivity contribution in [1.82, 2.24) is 5.32 Å². The zero-order valence-corrected chi connectivity index (χ0v) is 49.8. The van der Waals surface area contributed by atoms with Crippen molar-refractivity contribution in [3.05, 3.63) is 36.5 Å². The Morgan fingerprint density at radius 2 is 0.703 bits per heavy atom. The number of hydrogen-bond acceptors (Lipinski definition) is 5. The standard InChI is InChI=1S/C68H129NO5/c1-3-5-7-9-11-13-15-17-18-19-20-24-27-30-33-37-40-44-48-52-56-60-66(71)65(64-70)69-67(72)61-57-53-49-45-41-38-34-31-28-25-22-21-23-26-29-32-35-39-43-47-51-55-59-63-74-68(73)62-58-54-50-46-42-36-16-14-12-10-8-6-4-2/h8,10,14,16,56,60,65-66,70-71H,3-7,9,11-13,15,17-55,57-59,61-64H2,1-2H3,(H,69,72)/b10-8-,16-14-,60-56+. The Bertz CT molecular complexity index is 1200. The molecule has 0 radical (unpaired) electrons. The van der Waals surface area contributed by atoms with Gasteiger partial charge in [-0.25, -0.2) is 0 Å². The Labute approximate surface area is 462 Å². The second-order valence-corrected chi connectivity index (χ2v) is 22.8. The van der Waals surface area contributed by atoms with Crippen LogP contribution in [0.25, 0.3) is 0 Å². The fraction of sp³-hybridized carbons (Fsp3) is 0.882. The third kappa shape index (κ3) is 59.3. The van der Waals surface area contributed by atoms with Crippen LogP contribution in [0, 0.1) is 0 Å². The van der Waals surface area contributed by atoms with Gasteiger partial charge < -0.3 is 20.3 Å². The lowest BCUT2D eigenvalue weighted by molar-refractivity contribution is -0.143. The molecule has 2 atom stereocenters. The van der Waals surface area contributed by atoms with Crippen molar-refractivity contribution in [2.75, 3.05) is 13.2 Å². The second kappa shape index (κ2) is 63.6. The average molecular weight is 1040 g/mol. The summed E-state index contributed by atoms with van der Waals surface area (Å²) in [5.41, 5.74) is 0. The molecule has 6 heteroatoms. The number of amides is 1. The van der Waals surface area contributed by atoms with Gasteiger partial charge in [-0.1, -0.05) is 326 Å². The lowest BCUT2D eigenvalue weighted by Gasteiger charge is -2.20. The number of nitrogens with one attached hydrogen (secondary N) is 1. The van der Waals surface area contributed by atoms with Crippen molar-refractivity contribution in [3.8, 4) is 0 Å². The van der Waals surface area contributed by atoms with Crippen LogP contribution in [-0.4, -0.2) is 47.4 Å². The molecule has 0 aromatic heterocycles. The summed E-state index contributed by atoms with van der Waals surface area (Å²) in [5, 5.41) is 23.2. The Hall–Kier alpha value is -1.92. The number of carbonyl (C=O) groups is 2. The van der Waals surface area contributed by atoms with Crippen LogP contribution < -0.4 is 5.32 Å². The van der Waals surface area contributed by atoms with Crippen molar-refractivity contribution in [3.63, 3.8) is 0 Å². The van der Waals surface area contributed by atoms with Gasteiger partial charge in [0.1, 0.15) is 0 Å². The van der Waals surface area contributed by atoms with Crippen LogP contribution in [0.15, 0.2) is 36.5 Å². The van der Waals surface area contributed by atoms with E-state index >= 15 is 0 Å². The number of carbonyl (C=O) groups excluding carboxylic acids is 2. The van der Waals surface area contributed by atoms with Crippen molar-refractivity contribution in [2.45, 2.75) is 373 Å². The molecule has 0 saturated carbocycles. The van der Waals surface area contributed by atoms with Crippen LogP contribution in [-0.2, 0) is 14.3 Å². The highest BCUT2D eigenvalue weighted by Crippen LogP contribution is 2.18. The van der Waals surface area contributed by atoms with Crippen LogP contribution in [0.5, 0.6) is 0 Å². The third-order valence-corrected chi connectivity index (χ3v) is 15.4. The quantitative estimate of drug-likeness (QED) is 0.0320. The number of rotatable bonds is 62. The molecule has 0 aliphatic carbocycles. The summed E-state index contributed by atoms with van der Waals surface area (Å²) in [5.74, 6) is -0.0656. The van der Waals surface area contributed by atoms with Crippen molar-refractivity contribution >= 4 is 11.9 Å². The molecule has 0 bridgehead atoms. The summed E-state index contributed by atoms with van der Waals surface area (Å²) >= 11 is 0. The van der Waals surface area contributed by atoms with Gasteiger partial charge in [-0.3, -0.25) is 9.59 Å². The molecular formula is C68H129NO5. The molecule has 0 fully saturated rings. The molecule has 2 unspecified atom stereocenters. The highest BCUT2D eigenvalue weighted by molar-refractivity contribution is 5.76. The SMILES string of the molecule is CCC/C=C\C/C=C\CCCCCCCC(=O)OCCCCCCCCCCCCCCCCCCCCCCCCCC(=O)NC(CO)C(O)/C=C/CCCCCCCCCCCCCCCCCCCCC. The minimum absolute atomic E-state index is 0.00120. The molecule has 0 saturated heterocycles. The predicted molar refractivity (Wildman–Crippen MR) is 324 cm³/mol. The number of esters is 1. The molecule has 1 amide bonds. The lowest BCUT2D eigenvalue weighted by Crippen LogP contribution is -2.45. The summed E-state index contributed by atoms with van der Waals surface area (Å²) in [6, 6.07) is -0.629. The molecular weight excluding hydrogens is 911 g/mol. The van der Waals surface area contributed by atoms with E-state index in [4.69, 9.17) is 4.74 Å². The number of unbranched alkanes of at least 4 members (excludes halogenated alkanes) is 47. The fourth-order valence-electron chi connectivity index (χ4n) is 10.3. The largest absolute Gasteiger partial charge is 0.466 e. The van der Waals surface area contributed by atoms with Crippen LogP contribution in [0.1, 0.15) is 361 Å². The van der Waals surface area contributed by atoms with Gasteiger partial charge in [0.2, 0.25) is 5.91 Å². The number of aliphatic hydroxyl groups excluding tert-OH is 2. The van der Waals surface area contributed by atoms with Gasteiger partial charge in [0.15, 0.2) is 0 Å². The van der Waals surface area contributed by atoms with E-state index in [0.717, 1.165) is 51.4 Å². The lowest BCUT2D eigenvalue weighted by atomic mass is 10.0. The van der Waals surface area contributed by atoms with E-state index in [1.54, 1.807) is 6.08 Å². The molecule has 3 N–H and O–H groups in total. The smallest absolute Gasteiger partial charge is 0.305 e. The minimum Gasteiger partial charge on any atom is -0.466 e. The fourth-order valence-corrected chi connectivity index (χ4v) is 10.3. The first-order valence-electron chi connectivity index (χ1n) is 33.3. The highest BCUT2D eigenvalue weighted by atomic mass is 16.5. The number of ether oxygens (including phenoxy) is 1. The molecule has 0 rings (SSSR count). The molecule has 0 aromatic rings. The number of aliphatic hydroxyl groups is 2. The third-order valence-electron chi connectivity index (χ3n) is 15.4. The van der Waals surface area contributed by atoms with Crippen LogP contribution in [0.4, 0.5) is 0 Å². The Kier molecular flexibility index (Phi) is 62.0. The zero-order valence-electron chi connectivity index (χ0n) is 49.8. The second-order valence-electron chi connectivity index (χ2n) is 22.8. The van der Waals surface area contributed by atoms with Crippen molar-refractivity contribution in [2.24, 2.45) is 0 Å². The highest BCUT2D eigenvalue weighted by Gasteiger charge is 2.18. The predicted octanol–water partition coefficient (Wildman–Crippen LogP) is 21.1. The van der Waals surface area contributed by atoms with Gasteiger partial charge in [-0.15, -0.1) is 0 Å². The minimum atomic E-state index is -0.845. The Balaban J connectivity index is 3.41. The van der Waals surface area contributed by atoms with E-state index in [0.29, 0.717) is 19.4 Å². The Morgan fingerprint density at radius 3 is 1.08 bits per heavy atom. The molecule has 0 aliphatic heterocycles. The van der Waals surface area contributed by atoms with Gasteiger partial charge in [0, 0.05) is 12.8 Å². The summed E-state index contributed by atoms with van der Waals surface area (Å²) in [6.45, 7) is 4.86. The molecule has 6 nitrogen and oxygen atoms in total. The molecule has 0 aromatic carbocycles. The maximum atomic E-state index is 12.5. The maximum Gasteiger partial charge on any atom is 0.305 e. The molecule has 0 spiro atoms. The van der Waals surface area contributed by atoms with Crippen molar-refractivity contribution in [1.29, 1.82) is 0 Å². The van der Waals surface area contributed by atoms with E-state index in [-0.39, 0.29) is 18.5 Å². The van der Waals surface area contributed by atoms with Gasteiger partial charge in [-0.05, 0) is 57.8 Å². The normalized spacial score (nSPS) is 12.8. The molecule has 0 heterocycles. The van der Waals surface area contributed by atoms with E-state index in [9.17, 15) is 19.8 Å². The topological polar surface area (TPSA) is 95.9 Å². The molecule has 0 aliphatic rings. The van der Waals surface area contributed by atoms with Gasteiger partial charge in [0.05, 0.1) is 25.4 Å². The number of allylic oxidation sites excluding steroid dienone is 5. The summed E-state index contributed by atoms with van der Waals surface area (Å²) in [7, 11) is 0. The first kappa shape index (κ1) is 72.1. The average Bonchev–Trinajstić information content (AvgIpc) is 3.40. The first-order chi connectivity index (χ1) is 36.5. The van der Waals surface area contributed by atoms with Gasteiger partial charge in [0.25, 0.3) is 0 Å². The van der Waals surface area contributed by atoms with Crippen molar-refractivity contribution < 1.29 is 24.5 Å². The van der Waals surface area contributed by atoms with Crippen LogP contribution in [0.2, 0.25) is 0 Å². The van der Waals surface area contributed by atoms with E-state index in [1.165, 1.54) is 283 Å². The van der Waals surface area contributed by atoms with Gasteiger partial charge in [-0.2, -0.15) is 0 Å². The van der Waals surface area contributed by atoms with Crippen LogP contribution in [0.3, 0.4) is 0 Å². The van der Waals surface area contributed by atoms with E-state index in [2.05, 4.69) is 43.5 Å². The number of hydrogen-bond donors (Lipinski definition) is 3. The zero-order chi connectivity index (χ0) is 53.6. The van der Waals surface area contributed by atoms with E-state index < -0.39 is 12.1 Å². The monoisotopic (exact) mass is 1040 g/mol.